The molecule has 0 aromatic rings. The highest BCUT2D eigenvalue weighted by molar-refractivity contribution is 5.04. The van der Waals surface area contributed by atoms with Crippen LogP contribution in [-0.2, 0) is 4.74 Å². The Morgan fingerprint density at radius 3 is 2.62 bits per heavy atom. The molecule has 0 aromatic carbocycles. The van der Waals surface area contributed by atoms with Crippen LogP contribution in [0.2, 0.25) is 0 Å². The van der Waals surface area contributed by atoms with E-state index >= 15 is 0 Å². The van der Waals surface area contributed by atoms with Crippen LogP contribution in [0.4, 0.5) is 0 Å². The summed E-state index contributed by atoms with van der Waals surface area (Å²) in [5.41, 5.74) is 0.315. The summed E-state index contributed by atoms with van der Waals surface area (Å²) in [7, 11) is 1.84. The highest BCUT2D eigenvalue weighted by atomic mass is 16.5. The minimum atomic E-state index is 0.315. The van der Waals surface area contributed by atoms with Crippen LogP contribution < -0.4 is 5.32 Å². The Morgan fingerprint density at radius 2 is 2.06 bits per heavy atom. The van der Waals surface area contributed by atoms with Crippen LogP contribution in [0.15, 0.2) is 0 Å². The van der Waals surface area contributed by atoms with E-state index in [4.69, 9.17) is 4.74 Å². The molecule has 0 heterocycles. The number of hydrogen-bond donors (Lipinski definition) is 1. The summed E-state index contributed by atoms with van der Waals surface area (Å²) in [5.74, 6) is 0.914. The third kappa shape index (κ3) is 2.02. The average Bonchev–Trinajstić information content (AvgIpc) is 2.70. The van der Waals surface area contributed by atoms with Crippen LogP contribution >= 0.6 is 0 Å². The molecular weight excluding hydrogens is 198 g/mol. The fourth-order valence-electron chi connectivity index (χ4n) is 3.57. The van der Waals surface area contributed by atoms with Crippen molar-refractivity contribution in [1.29, 1.82) is 0 Å². The molecule has 2 aliphatic carbocycles. The van der Waals surface area contributed by atoms with E-state index in [9.17, 15) is 0 Å². The average molecular weight is 225 g/mol. The van der Waals surface area contributed by atoms with Crippen LogP contribution in [0, 0.1) is 11.3 Å². The van der Waals surface area contributed by atoms with Crippen molar-refractivity contribution >= 4 is 0 Å². The lowest BCUT2D eigenvalue weighted by molar-refractivity contribution is -0.101. The molecule has 2 aliphatic rings. The molecule has 2 saturated carbocycles. The van der Waals surface area contributed by atoms with Gasteiger partial charge in [0.15, 0.2) is 0 Å². The first-order valence-corrected chi connectivity index (χ1v) is 6.88. The van der Waals surface area contributed by atoms with Crippen molar-refractivity contribution in [3.63, 3.8) is 0 Å². The Hall–Kier alpha value is -0.0800. The summed E-state index contributed by atoms with van der Waals surface area (Å²) in [6, 6.07) is 1.43. The number of nitrogens with one attached hydrogen (secondary N) is 1. The monoisotopic (exact) mass is 225 g/mol. The number of ether oxygens (including phenoxy) is 1. The molecule has 2 fully saturated rings. The molecular formula is C14H27NO. The highest BCUT2D eigenvalue weighted by Crippen LogP contribution is 2.43. The molecule has 0 amide bonds. The zero-order chi connectivity index (χ0) is 11.8. The van der Waals surface area contributed by atoms with Gasteiger partial charge in [-0.2, -0.15) is 0 Å². The fourth-order valence-corrected chi connectivity index (χ4v) is 3.57. The highest BCUT2D eigenvalue weighted by Gasteiger charge is 2.49. The maximum Gasteiger partial charge on any atom is 0.0652 e. The standard InChI is InChI=1S/C14H27NO/c1-5-10-7-6-8-11(10)15-12-9-13(16-4)14(12,2)3/h10-13,15H,5-9H2,1-4H3. The van der Waals surface area contributed by atoms with Gasteiger partial charge in [0.25, 0.3) is 0 Å². The van der Waals surface area contributed by atoms with Crippen molar-refractivity contribution in [1.82, 2.24) is 5.32 Å². The zero-order valence-electron chi connectivity index (χ0n) is 11.3. The minimum Gasteiger partial charge on any atom is -0.381 e. The van der Waals surface area contributed by atoms with Crippen molar-refractivity contribution in [3.8, 4) is 0 Å². The maximum atomic E-state index is 5.51. The van der Waals surface area contributed by atoms with Crippen LogP contribution in [0.5, 0.6) is 0 Å². The molecule has 0 aromatic heterocycles. The van der Waals surface area contributed by atoms with Gasteiger partial charge in [-0.15, -0.1) is 0 Å². The van der Waals surface area contributed by atoms with Gasteiger partial charge in [0.05, 0.1) is 6.10 Å². The molecule has 0 saturated heterocycles. The predicted molar refractivity (Wildman–Crippen MR) is 67.5 cm³/mol. The van der Waals surface area contributed by atoms with Crippen LogP contribution in [0.3, 0.4) is 0 Å². The number of hydrogen-bond acceptors (Lipinski definition) is 2. The second-order valence-corrected chi connectivity index (χ2v) is 6.21. The second-order valence-electron chi connectivity index (χ2n) is 6.21. The van der Waals surface area contributed by atoms with Gasteiger partial charge in [0, 0.05) is 24.6 Å². The molecule has 2 nitrogen and oxygen atoms in total. The Bertz CT molecular complexity index is 239. The van der Waals surface area contributed by atoms with Crippen LogP contribution in [-0.4, -0.2) is 25.3 Å². The van der Waals surface area contributed by atoms with Gasteiger partial charge in [-0.05, 0) is 25.2 Å². The fraction of sp³-hybridized carbons (Fsp3) is 1.00. The van der Waals surface area contributed by atoms with Crippen molar-refractivity contribution in [2.24, 2.45) is 11.3 Å². The minimum absolute atomic E-state index is 0.315. The van der Waals surface area contributed by atoms with Crippen LogP contribution in [0.25, 0.3) is 0 Å². The lowest BCUT2D eigenvalue weighted by atomic mass is 9.64. The Balaban J connectivity index is 1.87. The molecule has 4 unspecified atom stereocenters. The summed E-state index contributed by atoms with van der Waals surface area (Å²) >= 11 is 0. The molecule has 16 heavy (non-hydrogen) atoms. The van der Waals surface area contributed by atoms with E-state index in [1.807, 2.05) is 7.11 Å². The quantitative estimate of drug-likeness (QED) is 0.794. The molecule has 1 N–H and O–H groups in total. The Kier molecular flexibility index (Phi) is 3.60. The van der Waals surface area contributed by atoms with E-state index in [1.165, 1.54) is 32.1 Å². The first-order chi connectivity index (χ1) is 7.59. The van der Waals surface area contributed by atoms with Gasteiger partial charge in [-0.1, -0.05) is 33.6 Å². The molecule has 0 bridgehead atoms. The number of rotatable bonds is 4. The van der Waals surface area contributed by atoms with Gasteiger partial charge in [-0.25, -0.2) is 0 Å². The molecule has 2 rings (SSSR count). The predicted octanol–water partition coefficient (Wildman–Crippen LogP) is 2.97. The molecule has 0 aliphatic heterocycles. The number of methoxy groups -OCH3 is 1. The maximum absolute atomic E-state index is 5.51. The van der Waals surface area contributed by atoms with Crippen LogP contribution in [0.1, 0.15) is 52.9 Å². The molecule has 0 radical (unpaired) electrons. The normalized spacial score (nSPS) is 42.0. The smallest absolute Gasteiger partial charge is 0.0652 e. The third-order valence-corrected chi connectivity index (χ3v) is 5.06. The van der Waals surface area contributed by atoms with E-state index in [-0.39, 0.29) is 0 Å². The van der Waals surface area contributed by atoms with Crippen molar-refractivity contribution < 1.29 is 4.74 Å². The summed E-state index contributed by atoms with van der Waals surface area (Å²) in [5, 5.41) is 3.89. The van der Waals surface area contributed by atoms with E-state index in [0.29, 0.717) is 17.6 Å². The van der Waals surface area contributed by atoms with Crippen molar-refractivity contribution in [2.75, 3.05) is 7.11 Å². The van der Waals surface area contributed by atoms with Crippen molar-refractivity contribution in [3.05, 3.63) is 0 Å². The largest absolute Gasteiger partial charge is 0.381 e. The Labute approximate surface area is 100 Å². The van der Waals surface area contributed by atoms with Gasteiger partial charge in [0.2, 0.25) is 0 Å². The Morgan fingerprint density at radius 1 is 1.31 bits per heavy atom. The summed E-state index contributed by atoms with van der Waals surface area (Å²) in [6.07, 6.45) is 7.19. The SMILES string of the molecule is CCC1CCCC1NC1CC(OC)C1(C)C. The third-order valence-electron chi connectivity index (χ3n) is 5.06. The lowest BCUT2D eigenvalue weighted by Crippen LogP contribution is -2.62. The summed E-state index contributed by atoms with van der Waals surface area (Å²) in [4.78, 5) is 0. The summed E-state index contributed by atoms with van der Waals surface area (Å²) in [6.45, 7) is 6.99. The van der Waals surface area contributed by atoms with Crippen molar-refractivity contribution in [2.45, 2.75) is 71.1 Å². The van der Waals surface area contributed by atoms with Gasteiger partial charge in [-0.3, -0.25) is 0 Å². The van der Waals surface area contributed by atoms with E-state index < -0.39 is 0 Å². The topological polar surface area (TPSA) is 21.3 Å². The van der Waals surface area contributed by atoms with E-state index in [0.717, 1.165) is 12.0 Å². The zero-order valence-corrected chi connectivity index (χ0v) is 11.3. The molecule has 2 heteroatoms. The van der Waals surface area contributed by atoms with Gasteiger partial charge < -0.3 is 10.1 Å². The first kappa shape index (κ1) is 12.4. The molecule has 94 valence electrons. The van der Waals surface area contributed by atoms with E-state index in [2.05, 4.69) is 26.1 Å². The first-order valence-electron chi connectivity index (χ1n) is 6.88. The van der Waals surface area contributed by atoms with E-state index in [1.54, 1.807) is 0 Å². The summed E-state index contributed by atoms with van der Waals surface area (Å²) < 4.78 is 5.51. The second kappa shape index (κ2) is 4.66. The lowest BCUT2D eigenvalue weighted by Gasteiger charge is -2.52. The van der Waals surface area contributed by atoms with Gasteiger partial charge >= 0.3 is 0 Å². The van der Waals surface area contributed by atoms with Gasteiger partial charge in [0.1, 0.15) is 0 Å². The molecule has 0 spiro atoms. The molecule has 4 atom stereocenters.